The Morgan fingerprint density at radius 3 is 2.74 bits per heavy atom. The third-order valence-corrected chi connectivity index (χ3v) is 5.71. The Kier molecular flexibility index (Phi) is 7.69. The summed E-state index contributed by atoms with van der Waals surface area (Å²) in [5.74, 6) is 0.298. The maximum atomic E-state index is 12.4. The standard InChI is InChI=1S/C22H33N3O2/c26-21(13-17-25-15-6-2-5-11-22(25)27)23-20-10-7-14-24(18-20)16-12-19-8-3-1-4-9-19/h1,3-4,8-9,20H,2,5-7,10-18H2,(H,23,26). The van der Waals surface area contributed by atoms with Gasteiger partial charge >= 0.3 is 0 Å². The van der Waals surface area contributed by atoms with E-state index in [2.05, 4.69) is 40.5 Å². The molecule has 27 heavy (non-hydrogen) atoms. The number of carbonyl (C=O) groups excluding carboxylic acids is 2. The van der Waals surface area contributed by atoms with Crippen molar-refractivity contribution >= 4 is 11.8 Å². The zero-order valence-electron chi connectivity index (χ0n) is 16.4. The number of rotatable bonds is 7. The van der Waals surface area contributed by atoms with Crippen LogP contribution in [-0.4, -0.2) is 60.4 Å². The molecule has 0 spiro atoms. The molecule has 148 valence electrons. The van der Waals surface area contributed by atoms with Crippen LogP contribution in [0, 0.1) is 0 Å². The molecule has 1 aromatic rings. The van der Waals surface area contributed by atoms with Gasteiger partial charge in [-0.1, -0.05) is 36.8 Å². The van der Waals surface area contributed by atoms with E-state index in [9.17, 15) is 9.59 Å². The van der Waals surface area contributed by atoms with Crippen molar-refractivity contribution in [1.29, 1.82) is 0 Å². The molecule has 2 fully saturated rings. The van der Waals surface area contributed by atoms with Gasteiger partial charge in [0, 0.05) is 45.1 Å². The summed E-state index contributed by atoms with van der Waals surface area (Å²) in [5.41, 5.74) is 1.37. The van der Waals surface area contributed by atoms with Crippen LogP contribution in [0.2, 0.25) is 0 Å². The minimum Gasteiger partial charge on any atom is -0.352 e. The second kappa shape index (κ2) is 10.5. The number of likely N-dealkylation sites (tertiary alicyclic amines) is 2. The molecule has 2 aliphatic rings. The molecule has 1 aromatic carbocycles. The molecule has 0 saturated carbocycles. The molecule has 2 heterocycles. The molecule has 2 saturated heterocycles. The van der Waals surface area contributed by atoms with E-state index in [1.54, 1.807) is 0 Å². The molecular formula is C22H33N3O2. The van der Waals surface area contributed by atoms with Crippen LogP contribution in [0.1, 0.15) is 50.5 Å². The van der Waals surface area contributed by atoms with Crippen molar-refractivity contribution in [3.05, 3.63) is 35.9 Å². The Bertz CT molecular complexity index is 605. The molecule has 5 nitrogen and oxygen atoms in total. The Morgan fingerprint density at radius 2 is 1.89 bits per heavy atom. The maximum Gasteiger partial charge on any atom is 0.222 e. The topological polar surface area (TPSA) is 52.7 Å². The lowest BCUT2D eigenvalue weighted by molar-refractivity contribution is -0.131. The summed E-state index contributed by atoms with van der Waals surface area (Å²) in [4.78, 5) is 28.7. The fraction of sp³-hybridized carbons (Fsp3) is 0.636. The van der Waals surface area contributed by atoms with Crippen molar-refractivity contribution in [2.75, 3.05) is 32.7 Å². The summed E-state index contributed by atoms with van der Waals surface area (Å²) in [7, 11) is 0. The molecule has 0 aromatic heterocycles. The van der Waals surface area contributed by atoms with Crippen LogP contribution >= 0.6 is 0 Å². The van der Waals surface area contributed by atoms with Crippen molar-refractivity contribution in [3.8, 4) is 0 Å². The minimum absolute atomic E-state index is 0.0851. The van der Waals surface area contributed by atoms with E-state index >= 15 is 0 Å². The van der Waals surface area contributed by atoms with Crippen molar-refractivity contribution < 1.29 is 9.59 Å². The van der Waals surface area contributed by atoms with E-state index in [0.717, 1.165) is 64.7 Å². The van der Waals surface area contributed by atoms with Gasteiger partial charge < -0.3 is 15.1 Å². The number of hydrogen-bond acceptors (Lipinski definition) is 3. The molecule has 0 bridgehead atoms. The predicted octanol–water partition coefficient (Wildman–Crippen LogP) is 2.60. The zero-order valence-corrected chi connectivity index (χ0v) is 16.4. The summed E-state index contributed by atoms with van der Waals surface area (Å²) in [6.07, 6.45) is 7.47. The first-order valence-corrected chi connectivity index (χ1v) is 10.5. The molecule has 3 rings (SSSR count). The highest BCUT2D eigenvalue weighted by molar-refractivity contribution is 5.79. The van der Waals surface area contributed by atoms with Crippen molar-refractivity contribution in [1.82, 2.24) is 15.1 Å². The van der Waals surface area contributed by atoms with Gasteiger partial charge in [0.25, 0.3) is 0 Å². The minimum atomic E-state index is 0.0851. The first-order valence-electron chi connectivity index (χ1n) is 10.5. The fourth-order valence-corrected chi connectivity index (χ4v) is 4.12. The molecule has 2 amide bonds. The van der Waals surface area contributed by atoms with Crippen LogP contribution in [0.15, 0.2) is 30.3 Å². The summed E-state index contributed by atoms with van der Waals surface area (Å²) in [6.45, 7) is 4.46. The van der Waals surface area contributed by atoms with Crippen molar-refractivity contribution in [2.45, 2.75) is 57.4 Å². The van der Waals surface area contributed by atoms with Crippen LogP contribution in [-0.2, 0) is 16.0 Å². The molecule has 5 heteroatoms. The molecule has 1 N–H and O–H groups in total. The number of nitrogens with one attached hydrogen (secondary N) is 1. The Balaban J connectivity index is 1.37. The molecule has 1 unspecified atom stereocenters. The number of amides is 2. The predicted molar refractivity (Wildman–Crippen MR) is 107 cm³/mol. The van der Waals surface area contributed by atoms with Gasteiger partial charge in [0.05, 0.1) is 0 Å². The lowest BCUT2D eigenvalue weighted by Crippen LogP contribution is -2.48. The van der Waals surface area contributed by atoms with E-state index in [-0.39, 0.29) is 17.9 Å². The first kappa shape index (κ1) is 19.9. The third kappa shape index (κ3) is 6.65. The molecule has 1 atom stereocenters. The van der Waals surface area contributed by atoms with Crippen LogP contribution < -0.4 is 5.32 Å². The van der Waals surface area contributed by atoms with Gasteiger partial charge in [0.2, 0.25) is 11.8 Å². The third-order valence-electron chi connectivity index (χ3n) is 5.71. The second-order valence-corrected chi connectivity index (χ2v) is 7.88. The van der Waals surface area contributed by atoms with Gasteiger partial charge in [0.1, 0.15) is 0 Å². The van der Waals surface area contributed by atoms with Gasteiger partial charge in [0.15, 0.2) is 0 Å². The summed E-state index contributed by atoms with van der Waals surface area (Å²) >= 11 is 0. The molecule has 2 aliphatic heterocycles. The highest BCUT2D eigenvalue weighted by Crippen LogP contribution is 2.13. The maximum absolute atomic E-state index is 12.4. The first-order chi connectivity index (χ1) is 13.2. The van der Waals surface area contributed by atoms with Crippen LogP contribution in [0.25, 0.3) is 0 Å². The van der Waals surface area contributed by atoms with E-state index in [1.165, 1.54) is 5.56 Å². The van der Waals surface area contributed by atoms with Crippen molar-refractivity contribution in [3.63, 3.8) is 0 Å². The summed E-state index contributed by atoms with van der Waals surface area (Å²) < 4.78 is 0. The smallest absolute Gasteiger partial charge is 0.222 e. The van der Waals surface area contributed by atoms with E-state index < -0.39 is 0 Å². The summed E-state index contributed by atoms with van der Waals surface area (Å²) in [5, 5.41) is 3.20. The van der Waals surface area contributed by atoms with Crippen molar-refractivity contribution in [2.24, 2.45) is 0 Å². The molecular weight excluding hydrogens is 338 g/mol. The average molecular weight is 372 g/mol. The number of benzene rings is 1. The average Bonchev–Trinajstić information content (AvgIpc) is 2.90. The Morgan fingerprint density at radius 1 is 1.04 bits per heavy atom. The van der Waals surface area contributed by atoms with Gasteiger partial charge in [-0.3, -0.25) is 9.59 Å². The number of hydrogen-bond donors (Lipinski definition) is 1. The number of nitrogens with zero attached hydrogens (tertiary/aromatic N) is 2. The largest absolute Gasteiger partial charge is 0.352 e. The van der Waals surface area contributed by atoms with Gasteiger partial charge in [-0.2, -0.15) is 0 Å². The highest BCUT2D eigenvalue weighted by Gasteiger charge is 2.22. The van der Waals surface area contributed by atoms with Crippen LogP contribution in [0.5, 0.6) is 0 Å². The zero-order chi connectivity index (χ0) is 18.9. The number of carbonyl (C=O) groups is 2. The van der Waals surface area contributed by atoms with Crippen LogP contribution in [0.4, 0.5) is 0 Å². The monoisotopic (exact) mass is 371 g/mol. The van der Waals surface area contributed by atoms with Gasteiger partial charge in [-0.05, 0) is 44.2 Å². The SMILES string of the molecule is O=C(CCN1CCCCCC1=O)NC1CCCN(CCc2ccccc2)C1. The lowest BCUT2D eigenvalue weighted by atomic mass is 10.0. The van der Waals surface area contributed by atoms with Gasteiger partial charge in [-0.25, -0.2) is 0 Å². The normalized spacial score (nSPS) is 21.7. The van der Waals surface area contributed by atoms with E-state index in [4.69, 9.17) is 0 Å². The van der Waals surface area contributed by atoms with Gasteiger partial charge in [-0.15, -0.1) is 0 Å². The molecule has 0 radical (unpaired) electrons. The van der Waals surface area contributed by atoms with E-state index in [1.807, 2.05) is 4.90 Å². The highest BCUT2D eigenvalue weighted by atomic mass is 16.2. The fourth-order valence-electron chi connectivity index (χ4n) is 4.12. The number of piperidine rings is 1. The van der Waals surface area contributed by atoms with E-state index in [0.29, 0.717) is 19.4 Å². The molecule has 0 aliphatic carbocycles. The summed E-state index contributed by atoms with van der Waals surface area (Å²) in [6, 6.07) is 10.8. The Hall–Kier alpha value is -1.88. The lowest BCUT2D eigenvalue weighted by Gasteiger charge is -2.33. The van der Waals surface area contributed by atoms with Crippen LogP contribution in [0.3, 0.4) is 0 Å². The Labute approximate surface area is 163 Å². The second-order valence-electron chi connectivity index (χ2n) is 7.88. The quantitative estimate of drug-likeness (QED) is 0.802.